The van der Waals surface area contributed by atoms with Gasteiger partial charge in [-0.3, -0.25) is 4.57 Å². The van der Waals surface area contributed by atoms with Crippen LogP contribution in [0.15, 0.2) is 6.33 Å². The van der Waals surface area contributed by atoms with E-state index >= 15 is 0 Å². The second-order valence-corrected chi connectivity index (χ2v) is 5.46. The maximum absolute atomic E-state index is 10.1. The lowest BCUT2D eigenvalue weighted by Gasteiger charge is -2.17. The minimum Gasteiger partial charge on any atom is -0.394 e. The first-order chi connectivity index (χ1) is 10.5. The molecule has 0 amide bonds. The molecule has 0 bridgehead atoms. The first-order valence-corrected chi connectivity index (χ1v) is 7.25. The zero-order chi connectivity index (χ0) is 16.0. The van der Waals surface area contributed by atoms with Crippen molar-refractivity contribution in [3.63, 3.8) is 0 Å². The van der Waals surface area contributed by atoms with E-state index in [1.54, 1.807) is 4.57 Å². The standard InChI is InChI=1S/C12H17N5O4S/c1-2-16-11(22)6-9(15-12(16)13)17(4-14-6)10-8(20)7(19)5(3-18)21-10/h4-5,7-8,10,18-20H,2-3H2,1H3,(H2,13,15)/t5-,7-,8-,10-/m1/s1. The van der Waals surface area contributed by atoms with Gasteiger partial charge in [-0.05, 0) is 6.92 Å². The Balaban J connectivity index is 2.12. The van der Waals surface area contributed by atoms with E-state index in [1.165, 1.54) is 10.9 Å². The molecule has 3 heterocycles. The van der Waals surface area contributed by atoms with Gasteiger partial charge in [-0.25, -0.2) is 4.98 Å². The Hall–Kier alpha value is -1.59. The van der Waals surface area contributed by atoms with Gasteiger partial charge in [0.15, 0.2) is 11.9 Å². The van der Waals surface area contributed by atoms with Crippen molar-refractivity contribution in [2.45, 2.75) is 38.0 Å². The smallest absolute Gasteiger partial charge is 0.203 e. The molecule has 120 valence electrons. The van der Waals surface area contributed by atoms with Gasteiger partial charge >= 0.3 is 0 Å². The van der Waals surface area contributed by atoms with Crippen molar-refractivity contribution in [2.24, 2.45) is 0 Å². The fraction of sp³-hybridized carbons (Fsp3) is 0.583. The molecule has 4 atom stereocenters. The molecule has 9 nitrogen and oxygen atoms in total. The fourth-order valence-corrected chi connectivity index (χ4v) is 2.99. The molecule has 0 unspecified atom stereocenters. The van der Waals surface area contributed by atoms with Gasteiger partial charge in [-0.15, -0.1) is 0 Å². The van der Waals surface area contributed by atoms with Gasteiger partial charge in [-0.1, -0.05) is 12.2 Å². The molecule has 0 radical (unpaired) electrons. The molecule has 1 aliphatic heterocycles. The van der Waals surface area contributed by atoms with Crippen LogP contribution in [0.25, 0.3) is 11.2 Å². The van der Waals surface area contributed by atoms with Crippen LogP contribution in [0.2, 0.25) is 0 Å². The molecule has 10 heteroatoms. The molecule has 1 saturated heterocycles. The molecule has 22 heavy (non-hydrogen) atoms. The van der Waals surface area contributed by atoms with E-state index in [0.29, 0.717) is 22.3 Å². The Bertz CT molecular complexity index is 760. The van der Waals surface area contributed by atoms with Gasteiger partial charge in [-0.2, -0.15) is 4.98 Å². The van der Waals surface area contributed by atoms with Crippen molar-refractivity contribution >= 4 is 29.3 Å². The summed E-state index contributed by atoms with van der Waals surface area (Å²) in [6, 6.07) is 0. The van der Waals surface area contributed by atoms with Crippen LogP contribution in [-0.4, -0.2) is 59.3 Å². The molecular weight excluding hydrogens is 310 g/mol. The lowest BCUT2D eigenvalue weighted by atomic mass is 10.1. The summed E-state index contributed by atoms with van der Waals surface area (Å²) in [5.41, 5.74) is 6.72. The summed E-state index contributed by atoms with van der Waals surface area (Å²) in [6.07, 6.45) is -2.78. The first kappa shape index (κ1) is 15.3. The lowest BCUT2D eigenvalue weighted by Crippen LogP contribution is -2.33. The number of nitrogens with zero attached hydrogens (tertiary/aromatic N) is 4. The monoisotopic (exact) mass is 327 g/mol. The molecule has 0 saturated carbocycles. The highest BCUT2D eigenvalue weighted by Crippen LogP contribution is 2.31. The van der Waals surface area contributed by atoms with Crippen LogP contribution in [0.4, 0.5) is 5.95 Å². The van der Waals surface area contributed by atoms with Crippen LogP contribution >= 0.6 is 12.2 Å². The van der Waals surface area contributed by atoms with Gasteiger partial charge < -0.3 is 30.4 Å². The SMILES string of the molecule is CCn1c(N)nc2c(ncn2[C@@H]2O[C@H](CO)[C@@H](O)[C@H]2O)c1=S. The number of hydrogen-bond acceptors (Lipinski definition) is 8. The maximum atomic E-state index is 10.1. The van der Waals surface area contributed by atoms with E-state index in [9.17, 15) is 10.2 Å². The largest absolute Gasteiger partial charge is 0.394 e. The predicted octanol–water partition coefficient (Wildman–Crippen LogP) is -0.824. The summed E-state index contributed by atoms with van der Waals surface area (Å²) < 4.78 is 9.02. The molecule has 0 aromatic carbocycles. The third-order valence-corrected chi connectivity index (χ3v) is 4.23. The molecule has 2 aromatic heterocycles. The van der Waals surface area contributed by atoms with Crippen molar-refractivity contribution in [1.82, 2.24) is 19.1 Å². The summed E-state index contributed by atoms with van der Waals surface area (Å²) >= 11 is 5.34. The number of aliphatic hydroxyl groups is 3. The Morgan fingerprint density at radius 2 is 2.14 bits per heavy atom. The second kappa shape index (κ2) is 5.56. The zero-order valence-electron chi connectivity index (χ0n) is 11.8. The first-order valence-electron chi connectivity index (χ1n) is 6.84. The van der Waals surface area contributed by atoms with Crippen LogP contribution in [0.1, 0.15) is 13.2 Å². The van der Waals surface area contributed by atoms with Gasteiger partial charge in [0.05, 0.1) is 12.9 Å². The number of aliphatic hydroxyl groups excluding tert-OH is 3. The van der Waals surface area contributed by atoms with E-state index in [2.05, 4.69) is 9.97 Å². The number of anilines is 1. The van der Waals surface area contributed by atoms with Crippen molar-refractivity contribution in [1.29, 1.82) is 0 Å². The number of nitrogens with two attached hydrogens (primary N) is 1. The average molecular weight is 327 g/mol. The quantitative estimate of drug-likeness (QED) is 0.538. The van der Waals surface area contributed by atoms with Gasteiger partial charge in [0, 0.05) is 6.54 Å². The Morgan fingerprint density at radius 1 is 1.41 bits per heavy atom. The van der Waals surface area contributed by atoms with Crippen LogP contribution < -0.4 is 5.73 Å². The molecular formula is C12H17N5O4S. The van der Waals surface area contributed by atoms with E-state index in [4.69, 9.17) is 27.8 Å². The Morgan fingerprint density at radius 3 is 2.73 bits per heavy atom. The molecule has 5 N–H and O–H groups in total. The van der Waals surface area contributed by atoms with Gasteiger partial charge in [0.25, 0.3) is 0 Å². The highest BCUT2D eigenvalue weighted by Gasteiger charge is 2.44. The number of hydrogen-bond donors (Lipinski definition) is 4. The van der Waals surface area contributed by atoms with E-state index in [1.807, 2.05) is 6.92 Å². The third-order valence-electron chi connectivity index (χ3n) is 3.82. The highest BCUT2D eigenvalue weighted by atomic mass is 32.1. The summed E-state index contributed by atoms with van der Waals surface area (Å²) in [4.78, 5) is 8.47. The second-order valence-electron chi connectivity index (χ2n) is 5.07. The summed E-state index contributed by atoms with van der Waals surface area (Å²) in [6.45, 7) is 2.05. The van der Waals surface area contributed by atoms with Gasteiger partial charge in [0.1, 0.15) is 28.5 Å². The molecule has 2 aromatic rings. The lowest BCUT2D eigenvalue weighted by molar-refractivity contribution is -0.0511. The fourth-order valence-electron chi connectivity index (χ4n) is 2.62. The van der Waals surface area contributed by atoms with Crippen molar-refractivity contribution < 1.29 is 20.1 Å². The normalized spacial score (nSPS) is 28.5. The third kappa shape index (κ3) is 2.11. The minimum absolute atomic E-state index is 0.230. The minimum atomic E-state index is -1.22. The number of rotatable bonds is 3. The molecule has 0 aliphatic carbocycles. The number of nitrogen functional groups attached to an aromatic ring is 1. The molecule has 3 rings (SSSR count). The van der Waals surface area contributed by atoms with Crippen LogP contribution in [0.5, 0.6) is 0 Å². The molecule has 1 fully saturated rings. The van der Waals surface area contributed by atoms with Crippen LogP contribution in [-0.2, 0) is 11.3 Å². The maximum Gasteiger partial charge on any atom is 0.203 e. The van der Waals surface area contributed by atoms with Crippen LogP contribution in [0, 0.1) is 4.64 Å². The topological polar surface area (TPSA) is 132 Å². The summed E-state index contributed by atoms with van der Waals surface area (Å²) in [5.74, 6) is 0.230. The van der Waals surface area contributed by atoms with Crippen molar-refractivity contribution in [3.8, 4) is 0 Å². The van der Waals surface area contributed by atoms with E-state index < -0.39 is 31.1 Å². The number of imidazole rings is 1. The van der Waals surface area contributed by atoms with Crippen LogP contribution in [0.3, 0.4) is 0 Å². The van der Waals surface area contributed by atoms with Crippen molar-refractivity contribution in [2.75, 3.05) is 12.3 Å². The van der Waals surface area contributed by atoms with Crippen molar-refractivity contribution in [3.05, 3.63) is 11.0 Å². The Labute approximate surface area is 130 Å². The summed E-state index contributed by atoms with van der Waals surface area (Å²) in [7, 11) is 0. The molecule has 1 aliphatic rings. The highest BCUT2D eigenvalue weighted by molar-refractivity contribution is 7.71. The van der Waals surface area contributed by atoms with Gasteiger partial charge in [0.2, 0.25) is 5.95 Å². The number of ether oxygens (including phenoxy) is 1. The number of aromatic nitrogens is 4. The number of fused-ring (bicyclic) bond motifs is 1. The Kier molecular flexibility index (Phi) is 3.87. The summed E-state index contributed by atoms with van der Waals surface area (Å²) in [5, 5.41) is 29.1. The predicted molar refractivity (Wildman–Crippen MR) is 79.4 cm³/mol. The van der Waals surface area contributed by atoms with E-state index in [0.717, 1.165) is 0 Å². The van der Waals surface area contributed by atoms with E-state index in [-0.39, 0.29) is 5.95 Å². The average Bonchev–Trinajstić information content (AvgIpc) is 3.02. The zero-order valence-corrected chi connectivity index (χ0v) is 12.6. The molecule has 0 spiro atoms.